The normalized spacial score (nSPS) is 15.6. The summed E-state index contributed by atoms with van der Waals surface area (Å²) in [7, 11) is 7.71. The van der Waals surface area contributed by atoms with Crippen molar-refractivity contribution in [2.45, 2.75) is 12.5 Å². The molecular weight excluding hydrogens is 1050 g/mol. The summed E-state index contributed by atoms with van der Waals surface area (Å²) in [6, 6.07) is 23.0. The van der Waals surface area contributed by atoms with Gasteiger partial charge in [0.2, 0.25) is 5.36 Å². The number of aromatic carboxylic acids is 1. The fraction of sp³-hybridized carbons (Fsp3) is 0.354. The Bertz CT molecular complexity index is 2730. The smallest absolute Gasteiger partial charge is 0.549 e. The predicted octanol–water partition coefficient (Wildman–Crippen LogP) is -2.06. The number of carboxylic acid groups (broad SMARTS) is 5. The van der Waals surface area contributed by atoms with Gasteiger partial charge in [0.15, 0.2) is 5.11 Å². The summed E-state index contributed by atoms with van der Waals surface area (Å²) in [6.45, 7) is -1.42. The summed E-state index contributed by atoms with van der Waals surface area (Å²) < 4.78 is 8.39. The molecule has 1 radical (unpaired) electrons. The zero-order valence-corrected chi connectivity index (χ0v) is 41.6. The molecular formula is C48H53GdN8O11S. The van der Waals surface area contributed by atoms with Gasteiger partial charge >= 0.3 is 45.9 Å². The Morgan fingerprint density at radius 1 is 0.710 bits per heavy atom. The van der Waals surface area contributed by atoms with Crippen molar-refractivity contribution < 1.29 is 93.9 Å². The van der Waals surface area contributed by atoms with E-state index in [1.807, 2.05) is 74.1 Å². The number of fused-ring (bicyclic) bond motifs is 2. The van der Waals surface area contributed by atoms with Gasteiger partial charge in [0, 0.05) is 138 Å². The molecule has 0 bridgehead atoms. The molecule has 3 aliphatic rings. The van der Waals surface area contributed by atoms with E-state index >= 15 is 0 Å². The van der Waals surface area contributed by atoms with Crippen molar-refractivity contribution in [3.8, 4) is 22.5 Å². The second kappa shape index (κ2) is 24.8. The van der Waals surface area contributed by atoms with Crippen LogP contribution in [0, 0.1) is 39.9 Å². The summed E-state index contributed by atoms with van der Waals surface area (Å²) in [6.07, 6.45) is 0.223. The number of rotatable bonds is 15. The van der Waals surface area contributed by atoms with E-state index in [1.54, 1.807) is 46.2 Å². The van der Waals surface area contributed by atoms with E-state index in [1.165, 1.54) is 15.9 Å². The van der Waals surface area contributed by atoms with E-state index in [-0.39, 0.29) is 103 Å². The molecule has 1 saturated heterocycles. The van der Waals surface area contributed by atoms with Gasteiger partial charge in [0.05, 0.1) is 35.5 Å². The number of nitrogens with zero attached hydrogens (tertiary/aromatic N) is 6. The molecule has 1 unspecified atom stereocenters. The molecule has 0 spiro atoms. The number of nitrogens with one attached hydrogen (secondary N) is 2. The second-order valence-corrected chi connectivity index (χ2v) is 17.5. The summed E-state index contributed by atoms with van der Waals surface area (Å²) in [5, 5.41) is 65.6. The van der Waals surface area contributed by atoms with Crippen molar-refractivity contribution >= 4 is 75.2 Å². The number of carboxylic acids is 5. The minimum absolute atomic E-state index is 0. The Balaban J connectivity index is 0.00000888. The minimum Gasteiger partial charge on any atom is -0.549 e. The van der Waals surface area contributed by atoms with Crippen LogP contribution in [0.4, 0.5) is 17.1 Å². The SMILES string of the molecule is CN(C)c1ccc2c(-c3ccc(NC(=S)Nc4ccc(CC5CN(CC(=O)[O-])CCN(CC(=O)[O-])CCN(CC(=O)[O-])CCN5CC(=O)[O-])cc4)cc3C(=O)O)c3ccc(=[N+](C)C)cc-3oc2c1.[Gd+3]. The van der Waals surface area contributed by atoms with Crippen molar-refractivity contribution in [3.63, 3.8) is 0 Å². The van der Waals surface area contributed by atoms with E-state index in [0.29, 0.717) is 33.8 Å². The molecule has 2 heterocycles. The van der Waals surface area contributed by atoms with E-state index < -0.39 is 62.1 Å². The number of carbonyl (C=O) groups is 5. The van der Waals surface area contributed by atoms with Crippen molar-refractivity contribution in [1.82, 2.24) is 24.2 Å². The first-order valence-electron chi connectivity index (χ1n) is 21.8. The molecule has 3 N–H and O–H groups in total. The van der Waals surface area contributed by atoms with E-state index in [0.717, 1.165) is 27.6 Å². The average Bonchev–Trinajstić information content (AvgIpc) is 3.26. The van der Waals surface area contributed by atoms with Crippen LogP contribution in [0.25, 0.3) is 33.4 Å². The van der Waals surface area contributed by atoms with Crippen molar-refractivity contribution in [2.24, 2.45) is 0 Å². The van der Waals surface area contributed by atoms with Gasteiger partial charge in [-0.1, -0.05) is 18.2 Å². The van der Waals surface area contributed by atoms with E-state index in [4.69, 9.17) is 16.6 Å². The van der Waals surface area contributed by atoms with E-state index in [2.05, 4.69) is 10.6 Å². The summed E-state index contributed by atoms with van der Waals surface area (Å²) in [5.41, 5.74) is 5.16. The third-order valence-corrected chi connectivity index (χ3v) is 11.9. The van der Waals surface area contributed by atoms with Crippen LogP contribution in [0.1, 0.15) is 15.9 Å². The summed E-state index contributed by atoms with van der Waals surface area (Å²) in [5.74, 6) is -6.04. The molecule has 19 nitrogen and oxygen atoms in total. The van der Waals surface area contributed by atoms with Crippen LogP contribution in [-0.4, -0.2) is 166 Å². The average molecular weight is 1110 g/mol. The number of anilines is 3. The third kappa shape index (κ3) is 15.2. The maximum atomic E-state index is 13.0. The Hall–Kier alpha value is -5.65. The number of carbonyl (C=O) groups excluding carboxylic acids is 4. The zero-order valence-electron chi connectivity index (χ0n) is 38.5. The largest absolute Gasteiger partial charge is 3.00 e. The first-order valence-corrected chi connectivity index (χ1v) is 22.2. The monoisotopic (exact) mass is 1110 g/mol. The van der Waals surface area contributed by atoms with Gasteiger partial charge in [0.25, 0.3) is 0 Å². The van der Waals surface area contributed by atoms with Gasteiger partial charge in [-0.25, -0.2) is 9.37 Å². The molecule has 1 fully saturated rings. The van der Waals surface area contributed by atoms with Gasteiger partial charge in [0.1, 0.15) is 25.4 Å². The fourth-order valence-corrected chi connectivity index (χ4v) is 8.58. The summed E-state index contributed by atoms with van der Waals surface area (Å²) >= 11 is 5.65. The van der Waals surface area contributed by atoms with Gasteiger partial charge < -0.3 is 64.7 Å². The number of hydrogen-bond donors (Lipinski definition) is 3. The van der Waals surface area contributed by atoms with Crippen LogP contribution in [-0.2, 0) is 25.6 Å². The molecule has 0 aromatic heterocycles. The topological polar surface area (TPSA) is 254 Å². The fourth-order valence-electron chi connectivity index (χ4n) is 8.34. The van der Waals surface area contributed by atoms with Gasteiger partial charge in [-0.15, -0.1) is 0 Å². The molecule has 365 valence electrons. The number of aliphatic carboxylic acids is 4. The minimum atomic E-state index is -1.39. The number of thiocarbonyl (C=S) groups is 1. The molecule has 2 aliphatic heterocycles. The van der Waals surface area contributed by atoms with Crippen LogP contribution >= 0.6 is 12.2 Å². The molecule has 21 heteroatoms. The molecule has 3 aromatic rings. The summed E-state index contributed by atoms with van der Waals surface area (Å²) in [4.78, 5) is 68.2. The van der Waals surface area contributed by atoms with Crippen LogP contribution in [0.15, 0.2) is 83.3 Å². The Morgan fingerprint density at radius 2 is 1.26 bits per heavy atom. The molecule has 0 saturated carbocycles. The first-order chi connectivity index (χ1) is 32.3. The predicted molar refractivity (Wildman–Crippen MR) is 251 cm³/mol. The molecule has 1 atom stereocenters. The van der Waals surface area contributed by atoms with Crippen molar-refractivity contribution in [3.05, 3.63) is 95.3 Å². The molecule has 3 aromatic carbocycles. The second-order valence-electron chi connectivity index (χ2n) is 17.1. The van der Waals surface area contributed by atoms with Gasteiger partial charge in [-0.2, -0.15) is 0 Å². The molecule has 1 aliphatic carbocycles. The van der Waals surface area contributed by atoms with Crippen molar-refractivity contribution in [1.29, 1.82) is 0 Å². The molecule has 0 amide bonds. The van der Waals surface area contributed by atoms with Crippen LogP contribution in [0.2, 0.25) is 0 Å². The maximum absolute atomic E-state index is 13.0. The Labute approximate surface area is 436 Å². The van der Waals surface area contributed by atoms with E-state index in [9.17, 15) is 49.5 Å². The van der Waals surface area contributed by atoms with Gasteiger partial charge in [-0.05, 0) is 72.2 Å². The first kappa shape index (κ1) is 54.3. The number of hydrogen-bond acceptors (Lipinski definition) is 16. The molecule has 6 rings (SSSR count). The zero-order chi connectivity index (χ0) is 49.2. The number of benzene rings is 4. The van der Waals surface area contributed by atoms with Crippen molar-refractivity contribution in [2.75, 3.05) is 116 Å². The van der Waals surface area contributed by atoms with Crippen LogP contribution in [0.3, 0.4) is 0 Å². The van der Waals surface area contributed by atoms with Gasteiger partial charge in [-0.3, -0.25) is 19.6 Å². The quantitative estimate of drug-likeness (QED) is 0.0579. The molecule has 69 heavy (non-hydrogen) atoms. The Kier molecular flexibility index (Phi) is 19.5. The Morgan fingerprint density at radius 3 is 1.84 bits per heavy atom. The standard InChI is InChI=1S/C48H56N8O11S.Gd/c1-51(2)33-10-13-37-40(23-33)67-41-24-34(52(3)4)11-14-38(41)46(37)36-12-9-32(22-39(36)47(65)66)50-48(68)49-31-7-5-30(6-8-31)21-35-25-55(28-44(61)62)18-17-53(26-42(57)58)15-16-54(27-43(59)60)19-20-56(35)29-45(63)64;/h5-14,22-24,35H,15-21,25-29H2,1-4H3,(H6,49,57,58,59,60,61,62,63,64,65,66,68);/q;+3/p-3. The third-order valence-electron chi connectivity index (χ3n) is 11.7. The van der Waals surface area contributed by atoms with Crippen LogP contribution < -0.4 is 45.9 Å². The van der Waals surface area contributed by atoms with Crippen LogP contribution in [0.5, 0.6) is 0 Å². The maximum Gasteiger partial charge on any atom is 3.00 e.